The fourth-order valence-electron chi connectivity index (χ4n) is 1.97. The highest BCUT2D eigenvalue weighted by molar-refractivity contribution is 5.44. The fourth-order valence-corrected chi connectivity index (χ4v) is 1.97. The molecular formula is C14H12N2O2. The third-order valence-corrected chi connectivity index (χ3v) is 2.85. The van der Waals surface area contributed by atoms with E-state index in [1.807, 2.05) is 18.3 Å². The van der Waals surface area contributed by atoms with E-state index in [0.29, 0.717) is 6.42 Å². The maximum atomic E-state index is 9.72. The SMILES string of the molecule is Oc1ccc2nc(Cc3ccccc3O)cn2c1. The lowest BCUT2D eigenvalue weighted by atomic mass is 10.1. The second-order valence-corrected chi connectivity index (χ2v) is 4.19. The molecule has 18 heavy (non-hydrogen) atoms. The molecule has 0 aliphatic rings. The molecule has 0 amide bonds. The molecule has 90 valence electrons. The molecular weight excluding hydrogens is 228 g/mol. The number of hydrogen-bond acceptors (Lipinski definition) is 3. The van der Waals surface area contributed by atoms with Gasteiger partial charge in [-0.15, -0.1) is 0 Å². The van der Waals surface area contributed by atoms with Crippen LogP contribution in [0.15, 0.2) is 48.8 Å². The number of phenols is 1. The number of phenolic OH excluding ortho intramolecular Hbond substituents is 1. The van der Waals surface area contributed by atoms with E-state index in [1.54, 1.807) is 34.9 Å². The third kappa shape index (κ3) is 1.88. The van der Waals surface area contributed by atoms with E-state index in [0.717, 1.165) is 16.9 Å². The molecule has 0 unspecified atom stereocenters. The summed E-state index contributed by atoms with van der Waals surface area (Å²) in [6.07, 6.45) is 4.02. The van der Waals surface area contributed by atoms with Gasteiger partial charge in [-0.05, 0) is 23.8 Å². The van der Waals surface area contributed by atoms with E-state index in [1.165, 1.54) is 0 Å². The summed E-state index contributed by atoms with van der Waals surface area (Å²) in [6.45, 7) is 0. The molecule has 2 aromatic heterocycles. The minimum Gasteiger partial charge on any atom is -0.508 e. The summed E-state index contributed by atoms with van der Waals surface area (Å²) in [7, 11) is 0. The van der Waals surface area contributed by atoms with Crippen molar-refractivity contribution in [3.63, 3.8) is 0 Å². The fraction of sp³-hybridized carbons (Fsp3) is 0.0714. The molecule has 2 heterocycles. The maximum Gasteiger partial charge on any atom is 0.137 e. The third-order valence-electron chi connectivity index (χ3n) is 2.85. The molecule has 4 heteroatoms. The van der Waals surface area contributed by atoms with Crippen molar-refractivity contribution in [2.75, 3.05) is 0 Å². The van der Waals surface area contributed by atoms with Gasteiger partial charge in [0.2, 0.25) is 0 Å². The van der Waals surface area contributed by atoms with Crippen LogP contribution >= 0.6 is 0 Å². The van der Waals surface area contributed by atoms with Crippen molar-refractivity contribution in [3.05, 3.63) is 60.0 Å². The van der Waals surface area contributed by atoms with Crippen molar-refractivity contribution in [2.24, 2.45) is 0 Å². The van der Waals surface area contributed by atoms with Crippen LogP contribution in [-0.2, 0) is 6.42 Å². The number of pyridine rings is 1. The van der Waals surface area contributed by atoms with Gasteiger partial charge in [0.15, 0.2) is 0 Å². The highest BCUT2D eigenvalue weighted by atomic mass is 16.3. The quantitative estimate of drug-likeness (QED) is 0.722. The van der Waals surface area contributed by atoms with E-state index in [2.05, 4.69) is 4.98 Å². The number of rotatable bonds is 2. The Kier molecular flexibility index (Phi) is 2.41. The Morgan fingerprint density at radius 2 is 1.83 bits per heavy atom. The Morgan fingerprint density at radius 3 is 2.67 bits per heavy atom. The van der Waals surface area contributed by atoms with Crippen LogP contribution in [-0.4, -0.2) is 19.6 Å². The van der Waals surface area contributed by atoms with Gasteiger partial charge in [0.25, 0.3) is 0 Å². The molecule has 0 fully saturated rings. The van der Waals surface area contributed by atoms with Crippen molar-refractivity contribution in [3.8, 4) is 11.5 Å². The molecule has 0 radical (unpaired) electrons. The molecule has 1 aromatic carbocycles. The van der Waals surface area contributed by atoms with Crippen molar-refractivity contribution in [1.82, 2.24) is 9.38 Å². The summed E-state index contributed by atoms with van der Waals surface area (Å²) in [5.74, 6) is 0.478. The van der Waals surface area contributed by atoms with Crippen molar-refractivity contribution in [1.29, 1.82) is 0 Å². The zero-order valence-electron chi connectivity index (χ0n) is 9.61. The molecule has 3 rings (SSSR count). The highest BCUT2D eigenvalue weighted by Gasteiger charge is 2.06. The monoisotopic (exact) mass is 240 g/mol. The Labute approximate surface area is 104 Å². The van der Waals surface area contributed by atoms with Crippen molar-refractivity contribution < 1.29 is 10.2 Å². The standard InChI is InChI=1S/C14H12N2O2/c17-12-5-6-14-15-11(8-16(14)9-12)7-10-3-1-2-4-13(10)18/h1-6,8-9,17-18H,7H2. The van der Waals surface area contributed by atoms with E-state index in [-0.39, 0.29) is 11.5 Å². The highest BCUT2D eigenvalue weighted by Crippen LogP contribution is 2.20. The molecule has 4 nitrogen and oxygen atoms in total. The first-order valence-corrected chi connectivity index (χ1v) is 5.66. The summed E-state index contributed by atoms with van der Waals surface area (Å²) >= 11 is 0. The van der Waals surface area contributed by atoms with Crippen LogP contribution in [0.5, 0.6) is 11.5 Å². The largest absolute Gasteiger partial charge is 0.508 e. The zero-order chi connectivity index (χ0) is 12.5. The molecule has 0 saturated carbocycles. The number of hydrogen-bond donors (Lipinski definition) is 2. The van der Waals surface area contributed by atoms with Crippen LogP contribution in [0.3, 0.4) is 0 Å². The van der Waals surface area contributed by atoms with Gasteiger partial charge in [-0.3, -0.25) is 0 Å². The first kappa shape index (κ1) is 10.7. The summed E-state index contributed by atoms with van der Waals surface area (Å²) in [4.78, 5) is 4.43. The number of imidazole rings is 1. The predicted octanol–water partition coefficient (Wildman–Crippen LogP) is 2.34. The molecule has 0 bridgehead atoms. The van der Waals surface area contributed by atoms with Gasteiger partial charge in [-0.2, -0.15) is 0 Å². The van der Waals surface area contributed by atoms with Gasteiger partial charge in [-0.1, -0.05) is 18.2 Å². The average molecular weight is 240 g/mol. The van der Waals surface area contributed by atoms with Gasteiger partial charge in [0, 0.05) is 12.6 Å². The average Bonchev–Trinajstić information content (AvgIpc) is 2.73. The summed E-state index contributed by atoms with van der Waals surface area (Å²) < 4.78 is 1.77. The minimum atomic E-state index is 0.203. The lowest BCUT2D eigenvalue weighted by Gasteiger charge is -2.00. The number of fused-ring (bicyclic) bond motifs is 1. The molecule has 0 spiro atoms. The number of para-hydroxylation sites is 1. The maximum absolute atomic E-state index is 9.72. The first-order valence-electron chi connectivity index (χ1n) is 5.66. The van der Waals surface area contributed by atoms with Gasteiger partial charge >= 0.3 is 0 Å². The summed E-state index contributed by atoms with van der Waals surface area (Å²) in [6, 6.07) is 10.6. The van der Waals surface area contributed by atoms with Crippen molar-refractivity contribution in [2.45, 2.75) is 6.42 Å². The number of aromatic hydroxyl groups is 2. The van der Waals surface area contributed by atoms with E-state index >= 15 is 0 Å². The number of benzene rings is 1. The van der Waals surface area contributed by atoms with Crippen molar-refractivity contribution >= 4 is 5.65 Å². The normalized spacial score (nSPS) is 10.9. The lowest BCUT2D eigenvalue weighted by Crippen LogP contribution is -1.88. The second kappa shape index (κ2) is 4.07. The van der Waals surface area contributed by atoms with Gasteiger partial charge in [0.05, 0.1) is 11.9 Å². The van der Waals surface area contributed by atoms with E-state index < -0.39 is 0 Å². The lowest BCUT2D eigenvalue weighted by molar-refractivity contribution is 0.469. The first-order chi connectivity index (χ1) is 8.72. The molecule has 0 saturated heterocycles. The smallest absolute Gasteiger partial charge is 0.137 e. The Hall–Kier alpha value is -2.49. The van der Waals surface area contributed by atoms with Gasteiger partial charge in [-0.25, -0.2) is 4.98 Å². The van der Waals surface area contributed by atoms with E-state index in [4.69, 9.17) is 0 Å². The summed E-state index contributed by atoms with van der Waals surface area (Å²) in [5.41, 5.74) is 2.46. The predicted molar refractivity (Wildman–Crippen MR) is 67.8 cm³/mol. The zero-order valence-corrected chi connectivity index (χ0v) is 9.61. The Morgan fingerprint density at radius 1 is 1.00 bits per heavy atom. The second-order valence-electron chi connectivity index (χ2n) is 4.19. The van der Waals surface area contributed by atoms with Crippen LogP contribution < -0.4 is 0 Å². The van der Waals surface area contributed by atoms with Crippen LogP contribution in [0.2, 0.25) is 0 Å². The Bertz CT molecular complexity index is 704. The molecule has 0 aliphatic carbocycles. The molecule has 0 aliphatic heterocycles. The Balaban J connectivity index is 1.98. The van der Waals surface area contributed by atoms with Crippen LogP contribution in [0.25, 0.3) is 5.65 Å². The number of nitrogens with zero attached hydrogens (tertiary/aromatic N) is 2. The van der Waals surface area contributed by atoms with Crippen LogP contribution in [0.4, 0.5) is 0 Å². The minimum absolute atomic E-state index is 0.203. The van der Waals surface area contributed by atoms with Gasteiger partial charge in [0.1, 0.15) is 17.1 Å². The molecule has 0 atom stereocenters. The van der Waals surface area contributed by atoms with Gasteiger partial charge < -0.3 is 14.6 Å². The molecule has 3 aromatic rings. The van der Waals surface area contributed by atoms with Crippen LogP contribution in [0, 0.1) is 0 Å². The summed E-state index contributed by atoms with van der Waals surface area (Å²) in [5, 5.41) is 19.1. The molecule has 2 N–H and O–H groups in total. The number of aromatic nitrogens is 2. The van der Waals surface area contributed by atoms with E-state index in [9.17, 15) is 10.2 Å². The topological polar surface area (TPSA) is 57.8 Å². The van der Waals surface area contributed by atoms with Crippen LogP contribution in [0.1, 0.15) is 11.3 Å².